The Morgan fingerprint density at radius 3 is 2.33 bits per heavy atom. The molecule has 0 saturated heterocycles. The number of aliphatic hydroxyl groups is 3. The first kappa shape index (κ1) is 17.3. The monoisotopic (exact) mass is 336 g/mol. The fraction of sp³-hybridized carbons (Fsp3) is 1.00. The molecule has 24 heavy (non-hydrogen) atoms. The third-order valence-electron chi connectivity index (χ3n) is 9.54. The van der Waals surface area contributed by atoms with Crippen LogP contribution in [-0.4, -0.2) is 33.1 Å². The van der Waals surface area contributed by atoms with Crippen molar-refractivity contribution in [2.75, 3.05) is 0 Å². The Morgan fingerprint density at radius 2 is 1.62 bits per heavy atom. The fourth-order valence-electron chi connectivity index (χ4n) is 7.97. The number of fused-ring (bicyclic) bond motifs is 5. The molecule has 0 aliphatic heterocycles. The Balaban J connectivity index is 1.63. The Bertz CT molecular complexity index is 505. The van der Waals surface area contributed by atoms with Crippen LogP contribution in [-0.2, 0) is 0 Å². The molecule has 0 radical (unpaired) electrons. The van der Waals surface area contributed by atoms with Gasteiger partial charge in [-0.25, -0.2) is 0 Å². The van der Waals surface area contributed by atoms with Gasteiger partial charge in [0.2, 0.25) is 0 Å². The molecule has 0 bridgehead atoms. The maximum Gasteiger partial charge on any atom is 0.0958 e. The number of hydrogen-bond acceptors (Lipinski definition) is 3. The average molecular weight is 337 g/mol. The molecule has 4 aliphatic rings. The zero-order valence-electron chi connectivity index (χ0n) is 15.7. The van der Waals surface area contributed by atoms with Crippen LogP contribution in [0.5, 0.6) is 0 Å². The molecule has 0 unspecified atom stereocenters. The van der Waals surface area contributed by atoms with Crippen molar-refractivity contribution in [3.05, 3.63) is 0 Å². The molecule has 0 heterocycles. The van der Waals surface area contributed by atoms with Gasteiger partial charge in [0, 0.05) is 5.41 Å². The Hall–Kier alpha value is -0.120. The lowest BCUT2D eigenvalue weighted by Gasteiger charge is -2.61. The van der Waals surface area contributed by atoms with Crippen LogP contribution in [0, 0.1) is 34.5 Å². The quantitative estimate of drug-likeness (QED) is 0.687. The van der Waals surface area contributed by atoms with E-state index >= 15 is 0 Å². The molecule has 9 atom stereocenters. The van der Waals surface area contributed by atoms with Gasteiger partial charge in [0.05, 0.1) is 17.8 Å². The highest BCUT2D eigenvalue weighted by Gasteiger charge is 2.65. The van der Waals surface area contributed by atoms with Crippen molar-refractivity contribution in [3.63, 3.8) is 0 Å². The first-order chi connectivity index (χ1) is 11.2. The van der Waals surface area contributed by atoms with Gasteiger partial charge in [-0.2, -0.15) is 0 Å². The summed E-state index contributed by atoms with van der Waals surface area (Å²) in [7, 11) is 0. The number of hydrogen-bond donors (Lipinski definition) is 3. The Labute approximate surface area is 146 Å². The SMILES string of the molecule is C[C@@H](O)[C@@]1(O)CC[C@@H]2[C@H]3CC[C@H]4C[C@@H](O)CC[C@]4(C)[C@@H]3CC[C@@]21C. The smallest absolute Gasteiger partial charge is 0.0958 e. The molecule has 3 heteroatoms. The largest absolute Gasteiger partial charge is 0.393 e. The van der Waals surface area contributed by atoms with Gasteiger partial charge in [0.15, 0.2) is 0 Å². The number of aliphatic hydroxyl groups excluding tert-OH is 2. The van der Waals surface area contributed by atoms with E-state index in [0.717, 1.165) is 38.0 Å². The molecule has 4 aliphatic carbocycles. The van der Waals surface area contributed by atoms with Crippen LogP contribution in [0.15, 0.2) is 0 Å². The summed E-state index contributed by atoms with van der Waals surface area (Å²) in [5.74, 6) is 2.69. The van der Waals surface area contributed by atoms with Crippen LogP contribution in [0.2, 0.25) is 0 Å². The molecule has 3 N–H and O–H groups in total. The van der Waals surface area contributed by atoms with Crippen molar-refractivity contribution in [2.24, 2.45) is 34.5 Å². The van der Waals surface area contributed by atoms with Gasteiger partial charge in [-0.3, -0.25) is 0 Å². The van der Waals surface area contributed by atoms with Gasteiger partial charge in [0.1, 0.15) is 0 Å². The van der Waals surface area contributed by atoms with Crippen molar-refractivity contribution in [1.29, 1.82) is 0 Å². The minimum absolute atomic E-state index is 0.0831. The summed E-state index contributed by atoms with van der Waals surface area (Å²) in [4.78, 5) is 0. The molecule has 0 aromatic heterocycles. The predicted octanol–water partition coefficient (Wildman–Crippen LogP) is 3.50. The highest BCUT2D eigenvalue weighted by Crippen LogP contribution is 2.68. The van der Waals surface area contributed by atoms with E-state index in [1.54, 1.807) is 6.92 Å². The zero-order chi connectivity index (χ0) is 17.3. The molecule has 0 aromatic rings. The van der Waals surface area contributed by atoms with E-state index in [9.17, 15) is 15.3 Å². The minimum Gasteiger partial charge on any atom is -0.393 e. The standard InChI is InChI=1S/C21H36O3/c1-13(22)21(24)11-8-18-16-5-4-14-12-15(23)6-9-19(14,2)17(16)7-10-20(18,21)3/h13-18,22-24H,4-12H2,1-3H3/t13-,14+,15+,16+,17-,18-,19+,20+,21+/m1/s1. The van der Waals surface area contributed by atoms with E-state index in [1.807, 2.05) is 0 Å². The van der Waals surface area contributed by atoms with Gasteiger partial charge in [-0.15, -0.1) is 0 Å². The summed E-state index contributed by atoms with van der Waals surface area (Å²) in [5.41, 5.74) is -0.641. The summed E-state index contributed by atoms with van der Waals surface area (Å²) in [5, 5.41) is 31.7. The molecule has 0 aromatic carbocycles. The minimum atomic E-state index is -0.900. The Kier molecular flexibility index (Phi) is 3.92. The van der Waals surface area contributed by atoms with E-state index in [0.29, 0.717) is 23.2 Å². The van der Waals surface area contributed by atoms with Gasteiger partial charge in [0.25, 0.3) is 0 Å². The molecular weight excluding hydrogens is 300 g/mol. The third-order valence-corrected chi connectivity index (χ3v) is 9.54. The topological polar surface area (TPSA) is 60.7 Å². The van der Waals surface area contributed by atoms with E-state index in [2.05, 4.69) is 13.8 Å². The highest BCUT2D eigenvalue weighted by atomic mass is 16.3. The van der Waals surface area contributed by atoms with Gasteiger partial charge >= 0.3 is 0 Å². The predicted molar refractivity (Wildman–Crippen MR) is 94.4 cm³/mol. The fourth-order valence-corrected chi connectivity index (χ4v) is 7.97. The summed E-state index contributed by atoms with van der Waals surface area (Å²) < 4.78 is 0. The highest BCUT2D eigenvalue weighted by molar-refractivity contribution is 5.15. The van der Waals surface area contributed by atoms with E-state index in [-0.39, 0.29) is 11.5 Å². The Morgan fingerprint density at radius 1 is 0.917 bits per heavy atom. The van der Waals surface area contributed by atoms with Crippen molar-refractivity contribution >= 4 is 0 Å². The van der Waals surface area contributed by atoms with Crippen LogP contribution in [0.4, 0.5) is 0 Å². The first-order valence-corrected chi connectivity index (χ1v) is 10.3. The zero-order valence-corrected chi connectivity index (χ0v) is 15.7. The van der Waals surface area contributed by atoms with E-state index in [4.69, 9.17) is 0 Å². The van der Waals surface area contributed by atoms with Crippen molar-refractivity contribution in [2.45, 2.75) is 96.4 Å². The molecule has 4 rings (SSSR count). The van der Waals surface area contributed by atoms with Crippen LogP contribution < -0.4 is 0 Å². The average Bonchev–Trinajstić information content (AvgIpc) is 2.81. The lowest BCUT2D eigenvalue weighted by molar-refractivity contribution is -0.186. The van der Waals surface area contributed by atoms with Gasteiger partial charge < -0.3 is 15.3 Å². The van der Waals surface area contributed by atoms with E-state index in [1.165, 1.54) is 25.7 Å². The molecule has 4 fully saturated rings. The van der Waals surface area contributed by atoms with Gasteiger partial charge in [-0.05, 0) is 93.8 Å². The normalized spacial score (nSPS) is 58.5. The van der Waals surface area contributed by atoms with Crippen LogP contribution >= 0.6 is 0 Å². The lowest BCUT2D eigenvalue weighted by Crippen LogP contribution is -2.59. The second-order valence-corrected chi connectivity index (χ2v) is 10.2. The van der Waals surface area contributed by atoms with Crippen molar-refractivity contribution < 1.29 is 15.3 Å². The van der Waals surface area contributed by atoms with Gasteiger partial charge in [-0.1, -0.05) is 13.8 Å². The summed E-state index contributed by atoms with van der Waals surface area (Å²) in [6, 6.07) is 0. The molecule has 0 amide bonds. The molecule has 3 nitrogen and oxygen atoms in total. The molecular formula is C21H36O3. The van der Waals surface area contributed by atoms with Crippen molar-refractivity contribution in [3.8, 4) is 0 Å². The molecule has 0 spiro atoms. The lowest BCUT2D eigenvalue weighted by atomic mass is 9.44. The summed E-state index contributed by atoms with van der Waals surface area (Å²) in [6.07, 6.45) is 8.99. The van der Waals surface area contributed by atoms with Crippen LogP contribution in [0.25, 0.3) is 0 Å². The number of rotatable bonds is 1. The van der Waals surface area contributed by atoms with Crippen LogP contribution in [0.1, 0.15) is 78.6 Å². The summed E-state index contributed by atoms with van der Waals surface area (Å²) in [6.45, 7) is 6.53. The first-order valence-electron chi connectivity index (χ1n) is 10.3. The molecule has 4 saturated carbocycles. The third kappa shape index (κ3) is 2.07. The maximum absolute atomic E-state index is 11.3. The van der Waals surface area contributed by atoms with Crippen molar-refractivity contribution in [1.82, 2.24) is 0 Å². The maximum atomic E-state index is 11.3. The van der Waals surface area contributed by atoms with E-state index < -0.39 is 11.7 Å². The second-order valence-electron chi connectivity index (χ2n) is 10.2. The molecule has 138 valence electrons. The second kappa shape index (κ2) is 5.44. The van der Waals surface area contributed by atoms with Crippen LogP contribution in [0.3, 0.4) is 0 Å². The summed E-state index contributed by atoms with van der Waals surface area (Å²) >= 11 is 0.